The lowest BCUT2D eigenvalue weighted by atomic mass is 10.2. The Labute approximate surface area is 184 Å². The smallest absolute Gasteiger partial charge is 0.336 e. The van der Waals surface area contributed by atoms with Crippen molar-refractivity contribution in [1.82, 2.24) is 0 Å². The highest BCUT2D eigenvalue weighted by Crippen LogP contribution is 2.29. The molecule has 2 rings (SSSR count). The molecule has 32 heavy (non-hydrogen) atoms. The summed E-state index contributed by atoms with van der Waals surface area (Å²) in [5.74, 6) is -0.481. The minimum atomic E-state index is -0.598. The van der Waals surface area contributed by atoms with E-state index >= 15 is 0 Å². The molecule has 2 aromatic rings. The number of esters is 2. The Morgan fingerprint density at radius 1 is 1.03 bits per heavy atom. The van der Waals surface area contributed by atoms with Crippen LogP contribution in [0, 0.1) is 4.91 Å². The first kappa shape index (κ1) is 24.1. The van der Waals surface area contributed by atoms with Crippen molar-refractivity contribution in [2.75, 3.05) is 19.0 Å². The second-order valence-corrected chi connectivity index (χ2v) is 6.36. The van der Waals surface area contributed by atoms with Crippen molar-refractivity contribution >= 4 is 29.6 Å². The predicted octanol–water partition coefficient (Wildman–Crippen LogP) is 3.66. The molecule has 2 aromatic carbocycles. The molecule has 10 nitrogen and oxygen atoms in total. The summed E-state index contributed by atoms with van der Waals surface area (Å²) in [6.45, 7) is 1.42. The van der Waals surface area contributed by atoms with Gasteiger partial charge in [-0.05, 0) is 54.5 Å². The number of methoxy groups -OCH3 is 1. The van der Waals surface area contributed by atoms with Crippen molar-refractivity contribution in [3.05, 3.63) is 59.0 Å². The van der Waals surface area contributed by atoms with Gasteiger partial charge in [-0.1, -0.05) is 6.07 Å². The number of anilines is 1. The molecule has 0 atom stereocenters. The maximum absolute atomic E-state index is 12.0. The highest BCUT2D eigenvalue weighted by Gasteiger charge is 2.11. The third-order valence-corrected chi connectivity index (χ3v) is 3.89. The van der Waals surface area contributed by atoms with Gasteiger partial charge in [-0.25, -0.2) is 4.79 Å². The van der Waals surface area contributed by atoms with Crippen LogP contribution in [0.25, 0.3) is 6.08 Å². The molecule has 0 heterocycles. The van der Waals surface area contributed by atoms with Gasteiger partial charge in [0.05, 0.1) is 7.11 Å². The number of carbonyl (C=O) groups is 3. The van der Waals surface area contributed by atoms with E-state index in [0.717, 1.165) is 0 Å². The first-order valence-electron chi connectivity index (χ1n) is 9.52. The molecule has 10 heteroatoms. The fourth-order valence-corrected chi connectivity index (χ4v) is 2.49. The van der Waals surface area contributed by atoms with Crippen molar-refractivity contribution in [3.63, 3.8) is 0 Å². The average Bonchev–Trinajstić information content (AvgIpc) is 2.77. The fourth-order valence-electron chi connectivity index (χ4n) is 2.49. The number of nitrogens with zero attached hydrogens (tertiary/aromatic N) is 1. The molecule has 1 N–H and O–H groups in total. The maximum atomic E-state index is 12.0. The third-order valence-electron chi connectivity index (χ3n) is 3.89. The Bertz CT molecular complexity index is 986. The summed E-state index contributed by atoms with van der Waals surface area (Å²) >= 11 is 0. The van der Waals surface area contributed by atoms with Gasteiger partial charge in [0.1, 0.15) is 12.4 Å². The van der Waals surface area contributed by atoms with Crippen LogP contribution in [0.1, 0.15) is 25.3 Å². The van der Waals surface area contributed by atoms with Crippen LogP contribution < -0.4 is 19.5 Å². The molecule has 168 valence electrons. The molecular formula is C22H22N2O8. The van der Waals surface area contributed by atoms with E-state index in [2.05, 4.69) is 15.5 Å². The van der Waals surface area contributed by atoms with Gasteiger partial charge in [0, 0.05) is 25.1 Å². The van der Waals surface area contributed by atoms with E-state index in [0.29, 0.717) is 22.7 Å². The van der Waals surface area contributed by atoms with E-state index in [9.17, 15) is 19.3 Å². The number of rotatable bonds is 11. The molecule has 0 unspecified atom stereocenters. The average molecular weight is 442 g/mol. The van der Waals surface area contributed by atoms with E-state index < -0.39 is 11.9 Å². The molecule has 0 saturated carbocycles. The molecule has 0 aromatic heterocycles. The number of nitrogens with one attached hydrogen (secondary N) is 1. The summed E-state index contributed by atoms with van der Waals surface area (Å²) in [6.07, 6.45) is 3.08. The van der Waals surface area contributed by atoms with E-state index in [4.69, 9.17) is 14.2 Å². The van der Waals surface area contributed by atoms with Gasteiger partial charge >= 0.3 is 11.9 Å². The highest BCUT2D eigenvalue weighted by atomic mass is 16.7. The summed E-state index contributed by atoms with van der Waals surface area (Å²) in [5, 5.41) is 4.86. The number of hydrogen-bond donors (Lipinski definition) is 1. The zero-order chi connectivity index (χ0) is 23.3. The van der Waals surface area contributed by atoms with Crippen LogP contribution in [0.5, 0.6) is 17.2 Å². The number of ether oxygens (including phenoxy) is 3. The number of hydrogen-bond acceptors (Lipinski definition) is 9. The third kappa shape index (κ3) is 8.27. The van der Waals surface area contributed by atoms with Crippen molar-refractivity contribution < 1.29 is 33.4 Å². The van der Waals surface area contributed by atoms with Crippen LogP contribution in [0.4, 0.5) is 5.69 Å². The first-order valence-corrected chi connectivity index (χ1v) is 9.52. The summed E-state index contributed by atoms with van der Waals surface area (Å²) in [5.41, 5.74) is 1.21. The predicted molar refractivity (Wildman–Crippen MR) is 115 cm³/mol. The summed E-state index contributed by atoms with van der Waals surface area (Å²) in [7, 11) is 1.42. The van der Waals surface area contributed by atoms with Crippen LogP contribution in [-0.2, 0) is 19.2 Å². The van der Waals surface area contributed by atoms with E-state index in [1.54, 1.807) is 36.4 Å². The van der Waals surface area contributed by atoms with Crippen molar-refractivity contribution in [2.45, 2.75) is 19.8 Å². The molecule has 0 aliphatic rings. The van der Waals surface area contributed by atoms with Gasteiger partial charge in [0.2, 0.25) is 5.91 Å². The Kier molecular flexibility index (Phi) is 9.38. The topological polar surface area (TPSA) is 130 Å². The molecule has 0 saturated heterocycles. The van der Waals surface area contributed by atoms with Gasteiger partial charge < -0.3 is 24.4 Å². The standard InChI is InChI=1S/C22H22N2O8/c1-15(25)23-17-7-9-18(10-8-17)31-22(27)12-6-16-5-11-19(20(14-16)29-2)32-21(26)4-3-13-30-24-28/h5-12,14H,3-4,13H2,1-2H3,(H,23,25)/b12-6+. The van der Waals surface area contributed by atoms with Crippen LogP contribution in [0.15, 0.2) is 53.9 Å². The van der Waals surface area contributed by atoms with Crippen LogP contribution in [0.2, 0.25) is 0 Å². The minimum absolute atomic E-state index is 0.0228. The number of carbonyl (C=O) groups excluding carboxylic acids is 3. The molecule has 0 radical (unpaired) electrons. The van der Waals surface area contributed by atoms with Gasteiger partial charge in [0.25, 0.3) is 0 Å². The zero-order valence-corrected chi connectivity index (χ0v) is 17.5. The lowest BCUT2D eigenvalue weighted by Crippen LogP contribution is -2.09. The fraction of sp³-hybridized carbons (Fsp3) is 0.227. The molecular weight excluding hydrogens is 420 g/mol. The second-order valence-electron chi connectivity index (χ2n) is 6.36. The summed E-state index contributed by atoms with van der Waals surface area (Å²) in [6, 6.07) is 11.1. The molecule has 0 aliphatic heterocycles. The van der Waals surface area contributed by atoms with E-state index in [1.165, 1.54) is 32.3 Å². The lowest BCUT2D eigenvalue weighted by Gasteiger charge is -2.10. The maximum Gasteiger partial charge on any atom is 0.336 e. The largest absolute Gasteiger partial charge is 0.493 e. The highest BCUT2D eigenvalue weighted by molar-refractivity contribution is 5.90. The normalized spacial score (nSPS) is 10.3. The van der Waals surface area contributed by atoms with Gasteiger partial charge in [0.15, 0.2) is 16.8 Å². The lowest BCUT2D eigenvalue weighted by molar-refractivity contribution is -0.135. The minimum Gasteiger partial charge on any atom is -0.493 e. The van der Waals surface area contributed by atoms with Crippen LogP contribution >= 0.6 is 0 Å². The Hall–Kier alpha value is -4.21. The van der Waals surface area contributed by atoms with Crippen molar-refractivity contribution in [1.29, 1.82) is 0 Å². The summed E-state index contributed by atoms with van der Waals surface area (Å²) in [4.78, 5) is 49.0. The molecule has 0 aliphatic carbocycles. The second kappa shape index (κ2) is 12.5. The number of amides is 1. The van der Waals surface area contributed by atoms with Gasteiger partial charge in [-0.3, -0.25) is 9.59 Å². The van der Waals surface area contributed by atoms with Gasteiger partial charge in [-0.2, -0.15) is 0 Å². The monoisotopic (exact) mass is 442 g/mol. The zero-order valence-electron chi connectivity index (χ0n) is 17.5. The molecule has 1 amide bonds. The Balaban J connectivity index is 1.94. The first-order chi connectivity index (χ1) is 15.4. The Morgan fingerprint density at radius 2 is 1.78 bits per heavy atom. The number of benzene rings is 2. The SMILES string of the molecule is COc1cc(/C=C/C(=O)Oc2ccc(NC(C)=O)cc2)ccc1OC(=O)CCCON=O. The summed E-state index contributed by atoms with van der Waals surface area (Å²) < 4.78 is 15.7. The molecule has 0 fully saturated rings. The van der Waals surface area contributed by atoms with Crippen molar-refractivity contribution in [3.8, 4) is 17.2 Å². The molecule has 0 spiro atoms. The van der Waals surface area contributed by atoms with Gasteiger partial charge in [-0.15, -0.1) is 4.91 Å². The van der Waals surface area contributed by atoms with Crippen LogP contribution in [0.3, 0.4) is 0 Å². The quantitative estimate of drug-likeness (QED) is 0.139. The van der Waals surface area contributed by atoms with E-state index in [-0.39, 0.29) is 31.1 Å². The van der Waals surface area contributed by atoms with Crippen molar-refractivity contribution in [2.24, 2.45) is 5.34 Å². The Morgan fingerprint density at radius 3 is 2.44 bits per heavy atom. The van der Waals surface area contributed by atoms with E-state index in [1.807, 2.05) is 0 Å². The van der Waals surface area contributed by atoms with Crippen LogP contribution in [-0.4, -0.2) is 31.6 Å². The molecule has 0 bridgehead atoms.